The Bertz CT molecular complexity index is 896. The lowest BCUT2D eigenvalue weighted by Crippen LogP contribution is -2.35. The van der Waals surface area contributed by atoms with E-state index in [4.69, 9.17) is 17.0 Å². The quantitative estimate of drug-likeness (QED) is 0.324. The normalized spacial score (nSPS) is 24.2. The SMILES string of the molecule is CCCCCN1C(=O)C(=C2SC(=S)N(CC3CCCO3)C2=O)c2cc(Br)ccc21. The Balaban J connectivity index is 1.68. The number of carbonyl (C=O) groups is 2. The number of nitrogens with zero attached hydrogens (tertiary/aromatic N) is 2. The van der Waals surface area contributed by atoms with Crippen molar-refractivity contribution in [1.29, 1.82) is 0 Å². The van der Waals surface area contributed by atoms with Crippen LogP contribution in [0.25, 0.3) is 5.57 Å². The summed E-state index contributed by atoms with van der Waals surface area (Å²) in [6.45, 7) is 3.98. The summed E-state index contributed by atoms with van der Waals surface area (Å²) in [4.78, 5) is 30.4. The van der Waals surface area contributed by atoms with Crippen LogP contribution in [0.4, 0.5) is 5.69 Å². The first kappa shape index (κ1) is 21.0. The molecular weight excluding hydrogens is 472 g/mol. The average Bonchev–Trinajstić information content (AvgIpc) is 3.37. The smallest absolute Gasteiger partial charge is 0.267 e. The van der Waals surface area contributed by atoms with Gasteiger partial charge in [0, 0.05) is 23.2 Å². The molecule has 1 atom stereocenters. The van der Waals surface area contributed by atoms with Gasteiger partial charge >= 0.3 is 0 Å². The number of rotatable bonds is 6. The number of fused-ring (bicyclic) bond motifs is 1. The molecule has 3 aliphatic rings. The van der Waals surface area contributed by atoms with Crippen molar-refractivity contribution < 1.29 is 14.3 Å². The fraction of sp³-hybridized carbons (Fsp3) is 0.476. The van der Waals surface area contributed by atoms with E-state index < -0.39 is 0 Å². The Morgan fingerprint density at radius 1 is 1.24 bits per heavy atom. The van der Waals surface area contributed by atoms with Crippen molar-refractivity contribution >= 4 is 67.3 Å². The molecule has 1 unspecified atom stereocenters. The highest BCUT2D eigenvalue weighted by Crippen LogP contribution is 2.45. The molecule has 2 fully saturated rings. The lowest BCUT2D eigenvalue weighted by Gasteiger charge is -2.18. The zero-order valence-corrected chi connectivity index (χ0v) is 19.5. The molecule has 3 aliphatic heterocycles. The van der Waals surface area contributed by atoms with Crippen molar-refractivity contribution in [1.82, 2.24) is 4.90 Å². The number of halogens is 1. The first-order chi connectivity index (χ1) is 14.0. The van der Waals surface area contributed by atoms with E-state index in [0.717, 1.165) is 54.4 Å². The van der Waals surface area contributed by atoms with E-state index in [1.54, 1.807) is 9.80 Å². The van der Waals surface area contributed by atoms with Gasteiger partial charge in [0.2, 0.25) is 0 Å². The van der Waals surface area contributed by atoms with E-state index in [1.165, 1.54) is 11.8 Å². The summed E-state index contributed by atoms with van der Waals surface area (Å²) in [6.07, 6.45) is 5.05. The van der Waals surface area contributed by atoms with Crippen molar-refractivity contribution in [3.8, 4) is 0 Å². The van der Waals surface area contributed by atoms with Crippen LogP contribution in [0.15, 0.2) is 27.6 Å². The minimum absolute atomic E-state index is 0.0214. The molecule has 8 heteroatoms. The number of amides is 2. The average molecular weight is 495 g/mol. The first-order valence-corrected chi connectivity index (χ1v) is 12.0. The third kappa shape index (κ3) is 4.04. The fourth-order valence-electron chi connectivity index (χ4n) is 3.96. The molecule has 1 aromatic carbocycles. The Morgan fingerprint density at radius 3 is 2.79 bits per heavy atom. The molecule has 4 rings (SSSR count). The fourth-order valence-corrected chi connectivity index (χ4v) is 5.67. The molecule has 0 N–H and O–H groups in total. The van der Waals surface area contributed by atoms with Gasteiger partial charge in [0.05, 0.1) is 28.8 Å². The van der Waals surface area contributed by atoms with Gasteiger partial charge in [-0.1, -0.05) is 59.7 Å². The molecule has 0 aliphatic carbocycles. The maximum Gasteiger partial charge on any atom is 0.267 e. The van der Waals surface area contributed by atoms with Crippen LogP contribution in [0.5, 0.6) is 0 Å². The molecule has 29 heavy (non-hydrogen) atoms. The largest absolute Gasteiger partial charge is 0.376 e. The maximum absolute atomic E-state index is 13.4. The van der Waals surface area contributed by atoms with Crippen molar-refractivity contribution in [3.63, 3.8) is 0 Å². The van der Waals surface area contributed by atoms with E-state index in [-0.39, 0.29) is 17.9 Å². The molecule has 0 radical (unpaired) electrons. The number of unbranched alkanes of at least 4 members (excludes halogenated alkanes) is 2. The Labute approximate surface area is 189 Å². The molecule has 0 spiro atoms. The summed E-state index contributed by atoms with van der Waals surface area (Å²) >= 11 is 10.2. The Morgan fingerprint density at radius 2 is 2.07 bits per heavy atom. The van der Waals surface area contributed by atoms with Crippen LogP contribution >= 0.6 is 39.9 Å². The first-order valence-electron chi connectivity index (χ1n) is 10.0. The van der Waals surface area contributed by atoms with Gasteiger partial charge in [0.1, 0.15) is 4.32 Å². The summed E-state index contributed by atoms with van der Waals surface area (Å²) in [5.41, 5.74) is 2.15. The topological polar surface area (TPSA) is 49.9 Å². The third-order valence-electron chi connectivity index (χ3n) is 5.45. The Kier molecular flexibility index (Phi) is 6.44. The summed E-state index contributed by atoms with van der Waals surface area (Å²) in [6, 6.07) is 5.81. The van der Waals surface area contributed by atoms with Crippen LogP contribution in [0, 0.1) is 0 Å². The predicted octanol–water partition coefficient (Wildman–Crippen LogP) is 4.74. The highest BCUT2D eigenvalue weighted by Gasteiger charge is 2.42. The van der Waals surface area contributed by atoms with Crippen LogP contribution in [-0.2, 0) is 14.3 Å². The molecular formula is C21H23BrN2O3S2. The standard InChI is InChI=1S/C21H23BrN2O3S2/c1-2-3-4-9-23-16-8-7-13(22)11-15(16)17(19(23)25)18-20(26)24(21(28)29-18)12-14-6-5-10-27-14/h7-8,11,14H,2-6,9-10,12H2,1H3. The monoisotopic (exact) mass is 494 g/mol. The lowest BCUT2D eigenvalue weighted by atomic mass is 10.1. The molecule has 2 saturated heterocycles. The maximum atomic E-state index is 13.4. The van der Waals surface area contributed by atoms with Crippen LogP contribution in [0.2, 0.25) is 0 Å². The summed E-state index contributed by atoms with van der Waals surface area (Å²) in [5, 5.41) is 0. The molecule has 1 aromatic rings. The van der Waals surface area contributed by atoms with Crippen LogP contribution < -0.4 is 4.90 Å². The van der Waals surface area contributed by atoms with Crippen molar-refractivity contribution in [2.24, 2.45) is 0 Å². The van der Waals surface area contributed by atoms with Crippen LogP contribution in [0.1, 0.15) is 44.6 Å². The van der Waals surface area contributed by atoms with E-state index in [1.807, 2.05) is 18.2 Å². The zero-order chi connectivity index (χ0) is 20.5. The predicted molar refractivity (Wildman–Crippen MR) is 124 cm³/mol. The summed E-state index contributed by atoms with van der Waals surface area (Å²) in [5.74, 6) is -0.285. The second kappa shape index (κ2) is 8.88. The highest BCUT2D eigenvalue weighted by molar-refractivity contribution is 9.10. The lowest BCUT2D eigenvalue weighted by molar-refractivity contribution is -0.123. The van der Waals surface area contributed by atoms with Crippen molar-refractivity contribution in [2.45, 2.75) is 45.1 Å². The minimum Gasteiger partial charge on any atom is -0.376 e. The number of hydrogen-bond acceptors (Lipinski definition) is 5. The molecule has 154 valence electrons. The van der Waals surface area contributed by atoms with Gasteiger partial charge in [-0.15, -0.1) is 0 Å². The molecule has 0 saturated carbocycles. The number of anilines is 1. The van der Waals surface area contributed by atoms with Gasteiger partial charge in [-0.05, 0) is 37.5 Å². The van der Waals surface area contributed by atoms with Crippen molar-refractivity contribution in [3.05, 3.63) is 33.1 Å². The van der Waals surface area contributed by atoms with Gasteiger partial charge in [-0.25, -0.2) is 0 Å². The van der Waals surface area contributed by atoms with Gasteiger partial charge in [-0.3, -0.25) is 14.5 Å². The van der Waals surface area contributed by atoms with Gasteiger partial charge < -0.3 is 9.64 Å². The molecule has 0 aromatic heterocycles. The number of thioether (sulfide) groups is 1. The number of hydrogen-bond donors (Lipinski definition) is 0. The van der Waals surface area contributed by atoms with E-state index in [2.05, 4.69) is 22.9 Å². The second-order valence-electron chi connectivity index (χ2n) is 7.45. The van der Waals surface area contributed by atoms with Gasteiger partial charge in [-0.2, -0.15) is 0 Å². The highest BCUT2D eigenvalue weighted by atomic mass is 79.9. The minimum atomic E-state index is -0.180. The Hall–Kier alpha value is -1.22. The molecule has 0 bridgehead atoms. The number of thiocarbonyl (C=S) groups is 1. The molecule has 5 nitrogen and oxygen atoms in total. The van der Waals surface area contributed by atoms with Crippen LogP contribution in [-0.4, -0.2) is 46.8 Å². The van der Waals surface area contributed by atoms with E-state index in [9.17, 15) is 9.59 Å². The second-order valence-corrected chi connectivity index (χ2v) is 10.0. The molecule has 3 heterocycles. The third-order valence-corrected chi connectivity index (χ3v) is 7.39. The van der Waals surface area contributed by atoms with Crippen LogP contribution in [0.3, 0.4) is 0 Å². The number of benzene rings is 1. The zero-order valence-electron chi connectivity index (χ0n) is 16.3. The number of ether oxygens (including phenoxy) is 1. The van der Waals surface area contributed by atoms with Gasteiger partial charge in [0.15, 0.2) is 0 Å². The van der Waals surface area contributed by atoms with E-state index in [0.29, 0.717) is 27.9 Å². The van der Waals surface area contributed by atoms with E-state index >= 15 is 0 Å². The van der Waals surface area contributed by atoms with Gasteiger partial charge in [0.25, 0.3) is 11.8 Å². The number of carbonyl (C=O) groups excluding carboxylic acids is 2. The summed E-state index contributed by atoms with van der Waals surface area (Å²) in [7, 11) is 0. The summed E-state index contributed by atoms with van der Waals surface area (Å²) < 4.78 is 7.06. The van der Waals surface area contributed by atoms with Crippen molar-refractivity contribution in [2.75, 3.05) is 24.6 Å². The molecule has 2 amide bonds.